The third-order valence-corrected chi connectivity index (χ3v) is 6.62. The molecule has 1 aliphatic rings. The van der Waals surface area contributed by atoms with Crippen LogP contribution in [0.25, 0.3) is 22.2 Å². The molecule has 1 amide bonds. The number of amides is 1. The summed E-state index contributed by atoms with van der Waals surface area (Å²) < 4.78 is 14.7. The molecule has 32 heavy (non-hydrogen) atoms. The predicted octanol–water partition coefficient (Wildman–Crippen LogP) is 5.07. The summed E-state index contributed by atoms with van der Waals surface area (Å²) in [5.41, 5.74) is 5.76. The fourth-order valence-electron chi connectivity index (χ4n) is 4.79. The lowest BCUT2D eigenvalue weighted by Gasteiger charge is -2.32. The molecular weight excluding hydrogens is 403 g/mol. The average molecular weight is 437 g/mol. The highest BCUT2D eigenvalue weighted by Gasteiger charge is 2.24. The topological polar surface area (TPSA) is 52.2 Å². The van der Waals surface area contributed by atoms with Gasteiger partial charge in [0.15, 0.2) is 5.82 Å². The number of nitrogens with zero attached hydrogens (tertiary/aromatic N) is 3. The number of aryl methyl sites for hydroxylation is 1. The van der Waals surface area contributed by atoms with Gasteiger partial charge in [-0.3, -0.25) is 14.7 Å². The number of likely N-dealkylation sites (tertiary alicyclic amines) is 1. The number of nitrogens with one attached hydrogen (secondary N) is 1. The van der Waals surface area contributed by atoms with Crippen LogP contribution in [0.1, 0.15) is 55.3 Å². The maximum atomic E-state index is 14.7. The van der Waals surface area contributed by atoms with Gasteiger partial charge in [0.1, 0.15) is 0 Å². The van der Waals surface area contributed by atoms with Gasteiger partial charge < -0.3 is 9.88 Å². The number of likely N-dealkylation sites (N-methyl/N-ethyl adjacent to an activating group) is 1. The molecule has 0 saturated carbocycles. The first kappa shape index (κ1) is 22.5. The van der Waals surface area contributed by atoms with E-state index in [1.165, 1.54) is 17.1 Å². The fraction of sp³-hybridized carbons (Fsp3) is 0.462. The maximum Gasteiger partial charge on any atom is 0.236 e. The molecule has 0 bridgehead atoms. The molecule has 0 unspecified atom stereocenters. The molecule has 1 aliphatic heterocycles. The first-order valence-electron chi connectivity index (χ1n) is 11.4. The Morgan fingerprint density at radius 1 is 1.25 bits per heavy atom. The van der Waals surface area contributed by atoms with E-state index in [0.29, 0.717) is 18.0 Å². The number of H-pyrrole nitrogens is 1. The second-order valence-electron chi connectivity index (χ2n) is 9.52. The zero-order valence-electron chi connectivity index (χ0n) is 19.7. The molecular formula is C26H33FN4O. The number of aromatic amines is 1. The zero-order valence-corrected chi connectivity index (χ0v) is 19.7. The van der Waals surface area contributed by atoms with Gasteiger partial charge >= 0.3 is 0 Å². The molecule has 0 aliphatic carbocycles. The number of fused-ring (bicyclic) bond motifs is 1. The van der Waals surface area contributed by atoms with Gasteiger partial charge in [0.05, 0.1) is 18.4 Å². The van der Waals surface area contributed by atoms with Crippen molar-refractivity contribution in [1.29, 1.82) is 0 Å². The second kappa shape index (κ2) is 9.02. The predicted molar refractivity (Wildman–Crippen MR) is 127 cm³/mol. The summed E-state index contributed by atoms with van der Waals surface area (Å²) in [5.74, 6) is 0.581. The summed E-state index contributed by atoms with van der Waals surface area (Å²) in [6, 6.07) is 8.44. The Hall–Kier alpha value is -2.73. The van der Waals surface area contributed by atoms with Crippen molar-refractivity contribution < 1.29 is 9.18 Å². The molecule has 0 atom stereocenters. The minimum absolute atomic E-state index is 0.157. The van der Waals surface area contributed by atoms with Crippen molar-refractivity contribution in [3.8, 4) is 11.3 Å². The Balaban J connectivity index is 1.63. The number of rotatable bonds is 5. The van der Waals surface area contributed by atoms with Crippen LogP contribution in [0.3, 0.4) is 0 Å². The van der Waals surface area contributed by atoms with E-state index in [1.807, 2.05) is 13.0 Å². The molecule has 1 aromatic carbocycles. The molecule has 0 radical (unpaired) electrons. The van der Waals surface area contributed by atoms with Gasteiger partial charge in [-0.2, -0.15) is 0 Å². The lowest BCUT2D eigenvalue weighted by Crippen LogP contribution is -2.40. The average Bonchev–Trinajstić information content (AvgIpc) is 3.14. The van der Waals surface area contributed by atoms with Gasteiger partial charge in [-0.15, -0.1) is 0 Å². The number of hydrogen-bond acceptors (Lipinski definition) is 3. The van der Waals surface area contributed by atoms with Crippen molar-refractivity contribution in [1.82, 2.24) is 19.8 Å². The molecule has 170 valence electrons. The third kappa shape index (κ3) is 4.42. The van der Waals surface area contributed by atoms with Gasteiger partial charge in [0, 0.05) is 36.3 Å². The Labute approximate surface area is 189 Å². The molecule has 5 nitrogen and oxygen atoms in total. The van der Waals surface area contributed by atoms with Crippen LogP contribution in [0.15, 0.2) is 30.5 Å². The number of carbonyl (C=O) groups is 1. The number of pyridine rings is 1. The molecule has 3 aromatic rings. The Morgan fingerprint density at radius 2 is 1.97 bits per heavy atom. The van der Waals surface area contributed by atoms with Crippen molar-refractivity contribution in [3.05, 3.63) is 53.1 Å². The largest absolute Gasteiger partial charge is 0.354 e. The molecule has 2 aromatic heterocycles. The SMILES string of the molecule is Cc1cc(-c2[nH]c3ccc(C4CCN(CC(=O)N(C)C)CC4)cc3c2C(C)C)c(F)cn1. The number of halogens is 1. The van der Waals surface area contributed by atoms with Gasteiger partial charge in [0.25, 0.3) is 0 Å². The summed E-state index contributed by atoms with van der Waals surface area (Å²) in [5, 5.41) is 1.17. The lowest BCUT2D eigenvalue weighted by molar-refractivity contribution is -0.130. The van der Waals surface area contributed by atoms with Crippen LogP contribution in [-0.2, 0) is 4.79 Å². The van der Waals surface area contributed by atoms with Crippen LogP contribution in [-0.4, -0.2) is 59.4 Å². The van der Waals surface area contributed by atoms with E-state index in [4.69, 9.17) is 0 Å². The summed E-state index contributed by atoms with van der Waals surface area (Å²) in [7, 11) is 3.61. The van der Waals surface area contributed by atoms with E-state index in [2.05, 4.69) is 46.9 Å². The fourth-order valence-corrected chi connectivity index (χ4v) is 4.79. The normalized spacial score (nSPS) is 15.6. The van der Waals surface area contributed by atoms with Crippen molar-refractivity contribution in [3.63, 3.8) is 0 Å². The monoisotopic (exact) mass is 436 g/mol. The maximum absolute atomic E-state index is 14.7. The molecule has 0 spiro atoms. The van der Waals surface area contributed by atoms with Crippen LogP contribution in [0.4, 0.5) is 4.39 Å². The number of piperidine rings is 1. The molecule has 1 fully saturated rings. The van der Waals surface area contributed by atoms with Crippen LogP contribution < -0.4 is 0 Å². The smallest absolute Gasteiger partial charge is 0.236 e. The van der Waals surface area contributed by atoms with Crippen LogP contribution >= 0.6 is 0 Å². The van der Waals surface area contributed by atoms with Gasteiger partial charge in [-0.1, -0.05) is 19.9 Å². The summed E-state index contributed by atoms with van der Waals surface area (Å²) >= 11 is 0. The first-order valence-corrected chi connectivity index (χ1v) is 11.4. The van der Waals surface area contributed by atoms with E-state index in [-0.39, 0.29) is 17.6 Å². The van der Waals surface area contributed by atoms with Crippen molar-refractivity contribution >= 4 is 16.8 Å². The van der Waals surface area contributed by atoms with Gasteiger partial charge in [0.2, 0.25) is 5.91 Å². The van der Waals surface area contributed by atoms with Crippen molar-refractivity contribution in [2.75, 3.05) is 33.7 Å². The van der Waals surface area contributed by atoms with Crippen LogP contribution in [0.5, 0.6) is 0 Å². The number of carbonyl (C=O) groups excluding carboxylic acids is 1. The molecule has 3 heterocycles. The van der Waals surface area contributed by atoms with Crippen LogP contribution in [0, 0.1) is 12.7 Å². The minimum Gasteiger partial charge on any atom is -0.354 e. The number of aromatic nitrogens is 2. The Kier molecular flexibility index (Phi) is 6.33. The summed E-state index contributed by atoms with van der Waals surface area (Å²) in [6.45, 7) is 8.56. The molecule has 1 N–H and O–H groups in total. The van der Waals surface area contributed by atoms with E-state index < -0.39 is 0 Å². The number of hydrogen-bond donors (Lipinski definition) is 1. The minimum atomic E-state index is -0.302. The van der Waals surface area contributed by atoms with E-state index in [0.717, 1.165) is 48.4 Å². The highest BCUT2D eigenvalue weighted by molar-refractivity contribution is 5.92. The Bertz CT molecular complexity index is 1130. The highest BCUT2D eigenvalue weighted by atomic mass is 19.1. The molecule has 4 rings (SSSR count). The van der Waals surface area contributed by atoms with Crippen LogP contribution in [0.2, 0.25) is 0 Å². The standard InChI is InChI=1S/C26H33FN4O/c1-16(2)25-21-13-19(18-8-10-31(11-9-18)15-24(32)30(4)5)6-7-23(21)29-26(25)20-12-17(3)28-14-22(20)27/h6-7,12-14,16,18,29H,8-11,15H2,1-5H3. The lowest BCUT2D eigenvalue weighted by atomic mass is 9.87. The third-order valence-electron chi connectivity index (χ3n) is 6.62. The molecule has 1 saturated heterocycles. The quantitative estimate of drug-likeness (QED) is 0.608. The highest BCUT2D eigenvalue weighted by Crippen LogP contribution is 2.39. The van der Waals surface area contributed by atoms with E-state index in [1.54, 1.807) is 19.0 Å². The van der Waals surface area contributed by atoms with E-state index >= 15 is 0 Å². The first-order chi connectivity index (χ1) is 15.2. The van der Waals surface area contributed by atoms with Crippen molar-refractivity contribution in [2.45, 2.75) is 45.4 Å². The van der Waals surface area contributed by atoms with Crippen molar-refractivity contribution in [2.24, 2.45) is 0 Å². The second-order valence-corrected chi connectivity index (χ2v) is 9.52. The number of benzene rings is 1. The van der Waals surface area contributed by atoms with Gasteiger partial charge in [-0.05, 0) is 74.0 Å². The van der Waals surface area contributed by atoms with Gasteiger partial charge in [-0.25, -0.2) is 4.39 Å². The summed E-state index contributed by atoms with van der Waals surface area (Å²) in [4.78, 5) is 23.5. The zero-order chi connectivity index (χ0) is 23.0. The molecule has 6 heteroatoms. The summed E-state index contributed by atoms with van der Waals surface area (Å²) in [6.07, 6.45) is 3.39. The van der Waals surface area contributed by atoms with E-state index in [9.17, 15) is 9.18 Å². The Morgan fingerprint density at radius 3 is 2.62 bits per heavy atom.